The molecule has 0 radical (unpaired) electrons. The highest BCUT2D eigenvalue weighted by Gasteiger charge is 2.51. The summed E-state index contributed by atoms with van der Waals surface area (Å²) in [6.45, 7) is 2.28. The lowest BCUT2D eigenvalue weighted by atomic mass is 9.96. The van der Waals surface area contributed by atoms with Gasteiger partial charge in [0.15, 0.2) is 0 Å². The number of hydrogen-bond acceptors (Lipinski definition) is 4. The summed E-state index contributed by atoms with van der Waals surface area (Å²) in [5, 5.41) is 2.73. The summed E-state index contributed by atoms with van der Waals surface area (Å²) in [7, 11) is -3.29. The van der Waals surface area contributed by atoms with Crippen LogP contribution < -0.4 is 10.0 Å². The molecule has 2 N–H and O–H groups in total. The SMILES string of the molecule is Cc1ccc(C2(C(=O)NCc3cccc(NS(=O)(=O)C4CC4)c3)CC2)cn1. The number of nitrogens with zero attached hydrogens (tertiary/aromatic N) is 1. The van der Waals surface area contributed by atoms with Crippen LogP contribution in [-0.4, -0.2) is 24.6 Å². The molecule has 0 saturated heterocycles. The van der Waals surface area contributed by atoms with Crippen molar-refractivity contribution in [2.24, 2.45) is 0 Å². The van der Waals surface area contributed by atoms with E-state index in [0.29, 0.717) is 12.2 Å². The van der Waals surface area contributed by atoms with Crippen LogP contribution in [0.2, 0.25) is 0 Å². The van der Waals surface area contributed by atoms with E-state index < -0.39 is 15.4 Å². The fourth-order valence-electron chi connectivity index (χ4n) is 3.24. The van der Waals surface area contributed by atoms with Gasteiger partial charge in [-0.25, -0.2) is 8.42 Å². The first kappa shape index (κ1) is 18.0. The number of anilines is 1. The number of aryl methyl sites for hydroxylation is 1. The summed E-state index contributed by atoms with van der Waals surface area (Å²) in [6, 6.07) is 11.1. The maximum absolute atomic E-state index is 12.7. The molecule has 2 aliphatic carbocycles. The standard InChI is InChI=1S/C20H23N3O3S/c1-14-5-6-16(13-21-14)20(9-10-20)19(24)22-12-15-3-2-4-17(11-15)23-27(25,26)18-7-8-18/h2-6,11,13,18,23H,7-10,12H2,1H3,(H,22,24). The molecule has 27 heavy (non-hydrogen) atoms. The zero-order chi connectivity index (χ0) is 19.1. The minimum atomic E-state index is -3.29. The highest BCUT2D eigenvalue weighted by atomic mass is 32.2. The van der Waals surface area contributed by atoms with E-state index in [1.165, 1.54) is 0 Å². The number of hydrogen-bond donors (Lipinski definition) is 2. The molecular weight excluding hydrogens is 362 g/mol. The normalized spacial score (nSPS) is 18.0. The lowest BCUT2D eigenvalue weighted by Gasteiger charge is -2.16. The van der Waals surface area contributed by atoms with Gasteiger partial charge in [-0.05, 0) is 61.9 Å². The molecule has 2 aliphatic rings. The van der Waals surface area contributed by atoms with Crippen molar-refractivity contribution in [1.82, 2.24) is 10.3 Å². The molecule has 1 heterocycles. The van der Waals surface area contributed by atoms with E-state index in [9.17, 15) is 13.2 Å². The molecule has 4 rings (SSSR count). The Morgan fingerprint density at radius 2 is 2.00 bits per heavy atom. The van der Waals surface area contributed by atoms with Crippen LogP contribution in [0.1, 0.15) is 42.5 Å². The predicted octanol–water partition coefficient (Wildman–Crippen LogP) is 2.64. The lowest BCUT2D eigenvalue weighted by molar-refractivity contribution is -0.123. The van der Waals surface area contributed by atoms with Crippen LogP contribution in [0.5, 0.6) is 0 Å². The smallest absolute Gasteiger partial charge is 0.235 e. The van der Waals surface area contributed by atoms with E-state index in [2.05, 4.69) is 15.0 Å². The molecule has 142 valence electrons. The Hall–Kier alpha value is -2.41. The monoisotopic (exact) mass is 385 g/mol. The first-order valence-corrected chi connectivity index (χ1v) is 10.8. The van der Waals surface area contributed by atoms with E-state index >= 15 is 0 Å². The fraction of sp³-hybridized carbons (Fsp3) is 0.400. The van der Waals surface area contributed by atoms with E-state index in [-0.39, 0.29) is 11.2 Å². The van der Waals surface area contributed by atoms with Gasteiger partial charge in [0.2, 0.25) is 15.9 Å². The van der Waals surface area contributed by atoms with Gasteiger partial charge in [-0.15, -0.1) is 0 Å². The lowest BCUT2D eigenvalue weighted by Crippen LogP contribution is -2.34. The van der Waals surface area contributed by atoms with Crippen LogP contribution in [-0.2, 0) is 26.8 Å². The molecule has 0 unspecified atom stereocenters. The van der Waals surface area contributed by atoms with Crippen molar-refractivity contribution in [3.8, 4) is 0 Å². The Balaban J connectivity index is 1.40. The number of carbonyl (C=O) groups excluding carboxylic acids is 1. The topological polar surface area (TPSA) is 88.2 Å². The Kier molecular flexibility index (Phi) is 4.42. The largest absolute Gasteiger partial charge is 0.351 e. The summed E-state index contributed by atoms with van der Waals surface area (Å²) in [5.41, 5.74) is 2.82. The van der Waals surface area contributed by atoms with Crippen LogP contribution >= 0.6 is 0 Å². The number of amides is 1. The molecule has 0 atom stereocenters. The van der Waals surface area contributed by atoms with Crippen LogP contribution in [0.25, 0.3) is 0 Å². The third-order valence-electron chi connectivity index (χ3n) is 5.25. The molecule has 2 aromatic rings. The van der Waals surface area contributed by atoms with Crippen LogP contribution in [0.3, 0.4) is 0 Å². The average Bonchev–Trinajstić information content (AvgIpc) is 3.53. The Bertz CT molecular complexity index is 962. The van der Waals surface area contributed by atoms with Crippen molar-refractivity contribution in [2.45, 2.75) is 49.8 Å². The number of carbonyl (C=O) groups is 1. The van der Waals surface area contributed by atoms with Gasteiger partial charge in [-0.1, -0.05) is 18.2 Å². The molecule has 0 spiro atoms. The molecule has 2 fully saturated rings. The van der Waals surface area contributed by atoms with Crippen molar-refractivity contribution < 1.29 is 13.2 Å². The summed E-state index contributed by atoms with van der Waals surface area (Å²) in [5.74, 6) is -0.00267. The molecular formula is C20H23N3O3S. The van der Waals surface area contributed by atoms with Crippen molar-refractivity contribution in [3.63, 3.8) is 0 Å². The van der Waals surface area contributed by atoms with Crippen LogP contribution in [0.4, 0.5) is 5.69 Å². The van der Waals surface area contributed by atoms with Crippen LogP contribution in [0, 0.1) is 6.92 Å². The zero-order valence-corrected chi connectivity index (χ0v) is 16.1. The highest BCUT2D eigenvalue weighted by Crippen LogP contribution is 2.48. The van der Waals surface area contributed by atoms with Crippen molar-refractivity contribution >= 4 is 21.6 Å². The summed E-state index contributed by atoms with van der Waals surface area (Å²) < 4.78 is 26.8. The molecule has 2 saturated carbocycles. The van der Waals surface area contributed by atoms with Crippen molar-refractivity contribution in [2.75, 3.05) is 4.72 Å². The van der Waals surface area contributed by atoms with E-state index in [1.54, 1.807) is 24.4 Å². The van der Waals surface area contributed by atoms with Crippen LogP contribution in [0.15, 0.2) is 42.6 Å². The summed E-state index contributed by atoms with van der Waals surface area (Å²) in [4.78, 5) is 17.1. The highest BCUT2D eigenvalue weighted by molar-refractivity contribution is 7.93. The second-order valence-corrected chi connectivity index (χ2v) is 9.46. The van der Waals surface area contributed by atoms with Crippen molar-refractivity contribution in [1.29, 1.82) is 0 Å². The quantitative estimate of drug-likeness (QED) is 0.767. The van der Waals surface area contributed by atoms with Crippen molar-refractivity contribution in [3.05, 3.63) is 59.4 Å². The second-order valence-electron chi connectivity index (χ2n) is 7.50. The van der Waals surface area contributed by atoms with E-state index in [0.717, 1.165) is 42.5 Å². The number of pyridine rings is 1. The molecule has 7 heteroatoms. The predicted molar refractivity (Wildman–Crippen MR) is 104 cm³/mol. The Morgan fingerprint density at radius 1 is 1.22 bits per heavy atom. The number of nitrogens with one attached hydrogen (secondary N) is 2. The molecule has 0 bridgehead atoms. The first-order valence-electron chi connectivity index (χ1n) is 9.21. The third kappa shape index (κ3) is 3.83. The maximum Gasteiger partial charge on any atom is 0.235 e. The number of sulfonamides is 1. The van der Waals surface area contributed by atoms with Gasteiger partial charge < -0.3 is 5.32 Å². The average molecular weight is 385 g/mol. The van der Waals surface area contributed by atoms with Gasteiger partial charge in [0.25, 0.3) is 0 Å². The van der Waals surface area contributed by atoms with E-state index in [1.807, 2.05) is 25.1 Å². The van der Waals surface area contributed by atoms with Gasteiger partial charge in [0.1, 0.15) is 0 Å². The minimum Gasteiger partial charge on any atom is -0.351 e. The van der Waals surface area contributed by atoms with Gasteiger partial charge in [0, 0.05) is 24.1 Å². The third-order valence-corrected chi connectivity index (χ3v) is 7.12. The van der Waals surface area contributed by atoms with Gasteiger partial charge in [0.05, 0.1) is 10.7 Å². The van der Waals surface area contributed by atoms with Gasteiger partial charge in [-0.2, -0.15) is 0 Å². The Labute approximate surface area is 159 Å². The summed E-state index contributed by atoms with van der Waals surface area (Å²) in [6.07, 6.45) is 4.88. The maximum atomic E-state index is 12.7. The molecule has 1 amide bonds. The molecule has 0 aliphatic heterocycles. The minimum absolute atomic E-state index is 0.00267. The first-order chi connectivity index (χ1) is 12.9. The number of benzene rings is 1. The zero-order valence-electron chi connectivity index (χ0n) is 15.2. The Morgan fingerprint density at radius 3 is 2.63 bits per heavy atom. The van der Waals surface area contributed by atoms with Gasteiger partial charge >= 0.3 is 0 Å². The number of aromatic nitrogens is 1. The summed E-state index contributed by atoms with van der Waals surface area (Å²) >= 11 is 0. The van der Waals surface area contributed by atoms with E-state index in [4.69, 9.17) is 0 Å². The molecule has 1 aromatic carbocycles. The molecule has 6 nitrogen and oxygen atoms in total. The number of rotatable bonds is 7. The molecule has 1 aromatic heterocycles. The fourth-order valence-corrected chi connectivity index (χ4v) is 4.62. The second kappa shape index (κ2) is 6.64. The van der Waals surface area contributed by atoms with Gasteiger partial charge in [-0.3, -0.25) is 14.5 Å².